The van der Waals surface area contributed by atoms with Crippen LogP contribution >= 0.6 is 0 Å². The lowest BCUT2D eigenvalue weighted by atomic mass is 10.2. The summed E-state index contributed by atoms with van der Waals surface area (Å²) in [5, 5.41) is 8.62. The number of hydrogen-bond acceptors (Lipinski definition) is 7. The van der Waals surface area contributed by atoms with Crippen LogP contribution in [0, 0.1) is 11.6 Å². The summed E-state index contributed by atoms with van der Waals surface area (Å²) in [6, 6.07) is 1.26. The molecule has 1 aromatic heterocycles. The van der Waals surface area contributed by atoms with Crippen LogP contribution in [0.25, 0.3) is 0 Å². The predicted octanol–water partition coefficient (Wildman–Crippen LogP) is 1.03. The van der Waals surface area contributed by atoms with Gasteiger partial charge in [0, 0.05) is 37.8 Å². The minimum absolute atomic E-state index is 0.0359. The predicted molar refractivity (Wildman–Crippen MR) is 101 cm³/mol. The third-order valence-electron chi connectivity index (χ3n) is 5.74. The fraction of sp³-hybridized carbons (Fsp3) is 0.444. The van der Waals surface area contributed by atoms with Crippen LogP contribution in [0.4, 0.5) is 29.7 Å². The van der Waals surface area contributed by atoms with Crippen molar-refractivity contribution < 1.29 is 27.9 Å². The SMILES string of the molecule is NC(=O)N1CCN(c2c(F)cc(N3C[C@]4(C[C@@H]4n4ccnn4)OC3=O)cc2F)CCO1. The van der Waals surface area contributed by atoms with Gasteiger partial charge in [0.05, 0.1) is 37.6 Å². The molecule has 2 N–H and O–H groups in total. The maximum Gasteiger partial charge on any atom is 0.415 e. The van der Waals surface area contributed by atoms with Gasteiger partial charge in [0.15, 0.2) is 17.2 Å². The van der Waals surface area contributed by atoms with Crippen molar-refractivity contribution in [3.8, 4) is 0 Å². The van der Waals surface area contributed by atoms with Gasteiger partial charge in [0.1, 0.15) is 5.69 Å². The van der Waals surface area contributed by atoms with E-state index >= 15 is 0 Å². The molecule has 1 aliphatic carbocycles. The number of amides is 3. The van der Waals surface area contributed by atoms with Crippen LogP contribution in [-0.2, 0) is 9.57 Å². The molecule has 0 bridgehead atoms. The van der Waals surface area contributed by atoms with Crippen molar-refractivity contribution in [2.24, 2.45) is 5.73 Å². The first-order valence-corrected chi connectivity index (χ1v) is 9.68. The molecule has 13 heteroatoms. The van der Waals surface area contributed by atoms with Crippen LogP contribution in [0.5, 0.6) is 0 Å². The minimum atomic E-state index is -0.833. The lowest BCUT2D eigenvalue weighted by Crippen LogP contribution is -2.38. The summed E-state index contributed by atoms with van der Waals surface area (Å²) in [7, 11) is 0. The Bertz CT molecular complexity index is 1010. The largest absolute Gasteiger partial charge is 0.438 e. The van der Waals surface area contributed by atoms with Gasteiger partial charge in [0.25, 0.3) is 0 Å². The Labute approximate surface area is 174 Å². The quantitative estimate of drug-likeness (QED) is 0.765. The van der Waals surface area contributed by atoms with E-state index in [1.807, 2.05) is 0 Å². The van der Waals surface area contributed by atoms with Crippen molar-refractivity contribution in [1.82, 2.24) is 20.1 Å². The first kappa shape index (κ1) is 19.5. The molecule has 1 spiro atoms. The second-order valence-corrected chi connectivity index (χ2v) is 7.64. The number of nitrogens with two attached hydrogens (primary N) is 1. The van der Waals surface area contributed by atoms with E-state index in [1.54, 1.807) is 10.9 Å². The molecule has 1 saturated carbocycles. The Balaban J connectivity index is 1.35. The first-order valence-electron chi connectivity index (χ1n) is 9.68. The average molecular weight is 435 g/mol. The summed E-state index contributed by atoms with van der Waals surface area (Å²) in [5.74, 6) is -1.67. The van der Waals surface area contributed by atoms with Crippen molar-refractivity contribution in [1.29, 1.82) is 0 Å². The molecule has 1 aromatic carbocycles. The summed E-state index contributed by atoms with van der Waals surface area (Å²) in [5.41, 5.74) is 4.22. The highest BCUT2D eigenvalue weighted by Crippen LogP contribution is 2.54. The second-order valence-electron chi connectivity index (χ2n) is 7.64. The van der Waals surface area contributed by atoms with Gasteiger partial charge in [-0.05, 0) is 0 Å². The molecule has 3 aliphatic rings. The van der Waals surface area contributed by atoms with E-state index in [2.05, 4.69) is 10.3 Å². The maximum absolute atomic E-state index is 14.9. The fourth-order valence-electron chi connectivity index (χ4n) is 4.11. The Hall–Kier alpha value is -3.48. The van der Waals surface area contributed by atoms with E-state index in [0.29, 0.717) is 6.42 Å². The number of hydroxylamine groups is 2. The van der Waals surface area contributed by atoms with Gasteiger partial charge in [-0.25, -0.2) is 28.1 Å². The van der Waals surface area contributed by atoms with Crippen molar-refractivity contribution >= 4 is 23.5 Å². The van der Waals surface area contributed by atoms with E-state index < -0.39 is 29.4 Å². The first-order chi connectivity index (χ1) is 14.9. The molecule has 5 rings (SSSR count). The average Bonchev–Trinajstić information content (AvgIpc) is 3.04. The number of nitrogens with zero attached hydrogens (tertiary/aromatic N) is 6. The number of carbonyl (C=O) groups is 2. The zero-order chi connectivity index (χ0) is 21.8. The van der Waals surface area contributed by atoms with Crippen molar-refractivity contribution in [2.75, 3.05) is 42.6 Å². The molecule has 0 radical (unpaired) electrons. The Kier molecular flexibility index (Phi) is 4.43. The number of hydrogen-bond donors (Lipinski definition) is 1. The van der Waals surface area contributed by atoms with Crippen LogP contribution < -0.4 is 15.5 Å². The van der Waals surface area contributed by atoms with Crippen LogP contribution in [-0.4, -0.2) is 70.6 Å². The number of urea groups is 1. The van der Waals surface area contributed by atoms with Crippen LogP contribution in [0.3, 0.4) is 0 Å². The van der Waals surface area contributed by atoms with Gasteiger partial charge in [-0.15, -0.1) is 5.10 Å². The summed E-state index contributed by atoms with van der Waals surface area (Å²) in [6.07, 6.45) is 3.08. The number of carbonyl (C=O) groups excluding carboxylic acids is 2. The van der Waals surface area contributed by atoms with Crippen molar-refractivity contribution in [2.45, 2.75) is 18.1 Å². The molecule has 31 heavy (non-hydrogen) atoms. The summed E-state index contributed by atoms with van der Waals surface area (Å²) >= 11 is 0. The van der Waals surface area contributed by atoms with Gasteiger partial charge in [-0.2, -0.15) is 0 Å². The monoisotopic (exact) mass is 435 g/mol. The standard InChI is InChI=1S/C18H19F2N7O4/c19-12-7-11(8-13(20)15(12)24-3-4-27(16(21)28)30-6-5-24)25-10-18(31-17(25)29)9-14(18)26-2-1-22-23-26/h1-2,7-8,14H,3-6,9-10H2,(H2,21,28)/t14-,18-/m0/s1. The highest BCUT2D eigenvalue weighted by atomic mass is 19.1. The molecule has 0 unspecified atom stereocenters. The Morgan fingerprint density at radius 3 is 2.68 bits per heavy atom. The molecule has 3 heterocycles. The van der Waals surface area contributed by atoms with Gasteiger partial charge in [0.2, 0.25) is 0 Å². The number of ether oxygens (including phenoxy) is 1. The zero-order valence-corrected chi connectivity index (χ0v) is 16.3. The van der Waals surface area contributed by atoms with E-state index in [4.69, 9.17) is 15.3 Å². The molecule has 3 amide bonds. The van der Waals surface area contributed by atoms with Crippen LogP contribution in [0.15, 0.2) is 24.5 Å². The van der Waals surface area contributed by atoms with E-state index in [1.165, 1.54) is 16.0 Å². The van der Waals surface area contributed by atoms with E-state index in [0.717, 1.165) is 17.2 Å². The van der Waals surface area contributed by atoms with E-state index in [-0.39, 0.29) is 50.2 Å². The number of anilines is 2. The highest BCUT2D eigenvalue weighted by molar-refractivity contribution is 5.91. The van der Waals surface area contributed by atoms with Gasteiger partial charge in [-0.1, -0.05) is 5.21 Å². The number of halogens is 2. The number of primary amides is 1. The summed E-state index contributed by atoms with van der Waals surface area (Å²) in [6.45, 7) is 0.532. The van der Waals surface area contributed by atoms with Crippen LogP contribution in [0.1, 0.15) is 12.5 Å². The van der Waals surface area contributed by atoms with Crippen molar-refractivity contribution in [3.05, 3.63) is 36.2 Å². The molecule has 2 aliphatic heterocycles. The molecular weight excluding hydrogens is 416 g/mol. The summed E-state index contributed by atoms with van der Waals surface area (Å²) < 4.78 is 37.0. The van der Waals surface area contributed by atoms with E-state index in [9.17, 15) is 18.4 Å². The van der Waals surface area contributed by atoms with Crippen molar-refractivity contribution in [3.63, 3.8) is 0 Å². The molecule has 3 fully saturated rings. The number of aromatic nitrogens is 3. The fourth-order valence-corrected chi connectivity index (χ4v) is 4.11. The maximum atomic E-state index is 14.9. The molecule has 11 nitrogen and oxygen atoms in total. The molecule has 164 valence electrons. The Morgan fingerprint density at radius 2 is 2.00 bits per heavy atom. The number of benzene rings is 1. The summed E-state index contributed by atoms with van der Waals surface area (Å²) in [4.78, 5) is 31.5. The smallest absolute Gasteiger partial charge is 0.415 e. The third kappa shape index (κ3) is 3.30. The molecule has 2 atom stereocenters. The number of rotatable bonds is 3. The second kappa shape index (κ2) is 7.04. The molecular formula is C18H19F2N7O4. The minimum Gasteiger partial charge on any atom is -0.438 e. The van der Waals surface area contributed by atoms with Gasteiger partial charge in [-0.3, -0.25) is 9.74 Å². The third-order valence-corrected chi connectivity index (χ3v) is 5.74. The normalized spacial score (nSPS) is 25.7. The topological polar surface area (TPSA) is 119 Å². The zero-order valence-electron chi connectivity index (χ0n) is 16.3. The van der Waals surface area contributed by atoms with Gasteiger partial charge < -0.3 is 15.4 Å². The lowest BCUT2D eigenvalue weighted by Gasteiger charge is -2.24. The molecule has 2 aromatic rings. The van der Waals surface area contributed by atoms with Gasteiger partial charge >= 0.3 is 12.1 Å². The molecule has 2 saturated heterocycles. The van der Waals surface area contributed by atoms with Crippen LogP contribution in [0.2, 0.25) is 0 Å². The Morgan fingerprint density at radius 1 is 1.23 bits per heavy atom. The lowest BCUT2D eigenvalue weighted by molar-refractivity contribution is -0.102. The highest BCUT2D eigenvalue weighted by Gasteiger charge is 2.65.